The summed E-state index contributed by atoms with van der Waals surface area (Å²) in [5.41, 5.74) is 1.94. The van der Waals surface area contributed by atoms with Crippen LogP contribution in [0.4, 0.5) is 10.7 Å². The van der Waals surface area contributed by atoms with Gasteiger partial charge in [-0.1, -0.05) is 35.9 Å². The van der Waals surface area contributed by atoms with Gasteiger partial charge in [0.25, 0.3) is 0 Å². The lowest BCUT2D eigenvalue weighted by Crippen LogP contribution is -2.23. The molecule has 2 aliphatic rings. The first-order valence-electron chi connectivity index (χ1n) is 10.2. The molecule has 0 spiro atoms. The molecule has 11 nitrogen and oxygen atoms in total. The maximum Gasteiger partial charge on any atom is 0.433 e. The average molecular weight is 467 g/mol. The number of cyclic esters (lactones) is 1. The number of hydrazone groups is 1. The van der Waals surface area contributed by atoms with Gasteiger partial charge in [0.05, 0.1) is 18.8 Å². The Morgan fingerprint density at radius 2 is 1.85 bits per heavy atom. The van der Waals surface area contributed by atoms with Crippen molar-refractivity contribution >= 4 is 35.5 Å². The van der Waals surface area contributed by atoms with Crippen LogP contribution in [0.5, 0.6) is 0 Å². The van der Waals surface area contributed by atoms with Gasteiger partial charge < -0.3 is 14.3 Å². The van der Waals surface area contributed by atoms with Crippen molar-refractivity contribution in [2.24, 2.45) is 5.10 Å². The largest absolute Gasteiger partial charge is 0.507 e. The van der Waals surface area contributed by atoms with Crippen LogP contribution in [-0.4, -0.2) is 52.1 Å². The standard InChI is InChI=1S/C15H14O3.C8H7N3O5/c1-9(2)7-8-12-13(16)10-5-3-4-6-11(10)14(17)15(12)18;12-8-10(3-4-15-8)9-5-6-1-2-7(16-6)11(13)14/h3-7,16H,8H2,1-2H3;1-2,5H,3-4H2. The summed E-state index contributed by atoms with van der Waals surface area (Å²) in [4.78, 5) is 44.4. The van der Waals surface area contributed by atoms with Crippen molar-refractivity contribution in [3.8, 4) is 0 Å². The Balaban J connectivity index is 0.000000192. The predicted molar refractivity (Wildman–Crippen MR) is 120 cm³/mol. The number of nitro groups is 1. The number of fused-ring (bicyclic) bond motifs is 1. The summed E-state index contributed by atoms with van der Waals surface area (Å²) in [5.74, 6) is -1.39. The highest BCUT2D eigenvalue weighted by atomic mass is 16.6. The molecule has 1 saturated heterocycles. The normalized spacial score (nSPS) is 15.1. The van der Waals surface area contributed by atoms with E-state index in [2.05, 4.69) is 9.84 Å². The van der Waals surface area contributed by atoms with Gasteiger partial charge in [0.1, 0.15) is 17.3 Å². The zero-order chi connectivity index (χ0) is 24.8. The summed E-state index contributed by atoms with van der Waals surface area (Å²) in [6.45, 7) is 4.45. The number of ether oxygens (including phenoxy) is 1. The second-order valence-corrected chi connectivity index (χ2v) is 7.43. The zero-order valence-corrected chi connectivity index (χ0v) is 18.4. The van der Waals surface area contributed by atoms with Crippen molar-refractivity contribution in [2.75, 3.05) is 13.2 Å². The van der Waals surface area contributed by atoms with E-state index in [9.17, 15) is 29.6 Å². The Morgan fingerprint density at radius 1 is 1.15 bits per heavy atom. The Labute approximate surface area is 193 Å². The van der Waals surface area contributed by atoms with Crippen LogP contribution in [0.25, 0.3) is 5.76 Å². The van der Waals surface area contributed by atoms with Gasteiger partial charge in [-0.25, -0.2) is 4.79 Å². The molecule has 11 heteroatoms. The van der Waals surface area contributed by atoms with Crippen molar-refractivity contribution < 1.29 is 33.6 Å². The van der Waals surface area contributed by atoms with Crippen LogP contribution in [0.2, 0.25) is 0 Å². The molecule has 1 amide bonds. The molecular weight excluding hydrogens is 446 g/mol. The van der Waals surface area contributed by atoms with E-state index in [0.717, 1.165) is 10.6 Å². The number of benzene rings is 1. The highest BCUT2D eigenvalue weighted by Gasteiger charge is 2.31. The SMILES string of the molecule is CC(C)=CCC1=C(O)c2ccccc2C(=O)C1=O.O=C1OCCN1N=Cc1ccc([N+](=O)[O-])o1. The summed E-state index contributed by atoms with van der Waals surface area (Å²) in [6, 6.07) is 9.22. The molecule has 0 atom stereocenters. The van der Waals surface area contributed by atoms with Crippen LogP contribution in [0, 0.1) is 10.1 Å². The summed E-state index contributed by atoms with van der Waals surface area (Å²) < 4.78 is 9.44. The van der Waals surface area contributed by atoms with Gasteiger partial charge in [0, 0.05) is 16.7 Å². The molecule has 1 aromatic heterocycles. The number of carbonyl (C=O) groups is 3. The van der Waals surface area contributed by atoms with Crippen LogP contribution < -0.4 is 0 Å². The van der Waals surface area contributed by atoms with Gasteiger partial charge in [0.2, 0.25) is 11.6 Å². The average Bonchev–Trinajstić information content (AvgIpc) is 3.45. The number of allylic oxidation sites excluding steroid dienone is 3. The fourth-order valence-electron chi connectivity index (χ4n) is 3.04. The zero-order valence-electron chi connectivity index (χ0n) is 18.4. The van der Waals surface area contributed by atoms with Gasteiger partial charge in [-0.2, -0.15) is 10.1 Å². The summed E-state index contributed by atoms with van der Waals surface area (Å²) in [5, 5.41) is 25.3. The predicted octanol–water partition coefficient (Wildman–Crippen LogP) is 4.05. The summed E-state index contributed by atoms with van der Waals surface area (Å²) >= 11 is 0. The number of hydrogen-bond donors (Lipinski definition) is 1. The number of rotatable bonds is 5. The molecule has 1 aliphatic heterocycles. The summed E-state index contributed by atoms with van der Waals surface area (Å²) in [6.07, 6.45) is 2.79. The Kier molecular flexibility index (Phi) is 7.36. The van der Waals surface area contributed by atoms with Crippen molar-refractivity contribution in [1.29, 1.82) is 0 Å². The molecule has 1 aromatic carbocycles. The number of aliphatic hydroxyl groups excluding tert-OH is 1. The second kappa shape index (κ2) is 10.4. The fourth-order valence-corrected chi connectivity index (χ4v) is 3.04. The Morgan fingerprint density at radius 3 is 2.44 bits per heavy atom. The first-order valence-corrected chi connectivity index (χ1v) is 10.2. The van der Waals surface area contributed by atoms with Gasteiger partial charge >= 0.3 is 12.0 Å². The maximum absolute atomic E-state index is 11.9. The molecule has 1 fully saturated rings. The van der Waals surface area contributed by atoms with E-state index in [1.54, 1.807) is 24.3 Å². The maximum atomic E-state index is 11.9. The van der Waals surface area contributed by atoms with Gasteiger partial charge in [-0.05, 0) is 26.3 Å². The lowest BCUT2D eigenvalue weighted by molar-refractivity contribution is -0.402. The smallest absolute Gasteiger partial charge is 0.433 e. The lowest BCUT2D eigenvalue weighted by Gasteiger charge is -2.16. The molecule has 0 radical (unpaired) electrons. The van der Waals surface area contributed by atoms with Crippen LogP contribution in [0.1, 0.15) is 41.9 Å². The van der Waals surface area contributed by atoms with Crippen molar-refractivity contribution in [3.63, 3.8) is 0 Å². The number of carbonyl (C=O) groups excluding carboxylic acids is 3. The second-order valence-electron chi connectivity index (χ2n) is 7.43. The Hall–Kier alpha value is -4.54. The third-order valence-corrected chi connectivity index (χ3v) is 4.76. The van der Waals surface area contributed by atoms with Crippen LogP contribution >= 0.6 is 0 Å². The molecule has 1 aliphatic carbocycles. The number of Topliss-reactive ketones (excluding diaryl/α,β-unsaturated/α-hetero) is 2. The quantitative estimate of drug-likeness (QED) is 0.227. The van der Waals surface area contributed by atoms with E-state index in [4.69, 9.17) is 4.42 Å². The number of aliphatic hydroxyl groups is 1. The molecule has 4 rings (SSSR count). The fraction of sp³-hybridized carbons (Fsp3) is 0.217. The van der Waals surface area contributed by atoms with Crippen LogP contribution in [0.3, 0.4) is 0 Å². The minimum atomic E-state index is -0.651. The highest BCUT2D eigenvalue weighted by molar-refractivity contribution is 6.52. The monoisotopic (exact) mass is 467 g/mol. The van der Waals surface area contributed by atoms with Crippen LogP contribution in [0.15, 0.2) is 63.1 Å². The van der Waals surface area contributed by atoms with E-state index in [0.29, 0.717) is 12.1 Å². The molecule has 34 heavy (non-hydrogen) atoms. The van der Waals surface area contributed by atoms with E-state index < -0.39 is 22.6 Å². The lowest BCUT2D eigenvalue weighted by atomic mass is 9.87. The molecule has 0 saturated carbocycles. The van der Waals surface area contributed by atoms with E-state index in [1.165, 1.54) is 18.3 Å². The highest BCUT2D eigenvalue weighted by Crippen LogP contribution is 2.29. The van der Waals surface area contributed by atoms with E-state index in [1.807, 2.05) is 19.9 Å². The van der Waals surface area contributed by atoms with Gasteiger partial charge in [-0.3, -0.25) is 19.7 Å². The molecule has 0 bridgehead atoms. The van der Waals surface area contributed by atoms with Crippen molar-refractivity contribution in [3.05, 3.63) is 80.6 Å². The number of amides is 1. The number of nitrogens with zero attached hydrogens (tertiary/aromatic N) is 3. The van der Waals surface area contributed by atoms with E-state index >= 15 is 0 Å². The molecule has 2 heterocycles. The molecule has 176 valence electrons. The minimum absolute atomic E-state index is 0.0762. The first kappa shape index (κ1) is 24.1. The van der Waals surface area contributed by atoms with Crippen molar-refractivity contribution in [2.45, 2.75) is 20.3 Å². The number of furan rings is 1. The molecular formula is C23H21N3O8. The number of hydrogen-bond acceptors (Lipinski definition) is 9. The third kappa shape index (κ3) is 5.44. The third-order valence-electron chi connectivity index (χ3n) is 4.76. The summed E-state index contributed by atoms with van der Waals surface area (Å²) in [7, 11) is 0. The van der Waals surface area contributed by atoms with Gasteiger partial charge in [0.15, 0.2) is 5.76 Å². The molecule has 1 N–H and O–H groups in total. The molecule has 2 aromatic rings. The number of ketones is 2. The first-order chi connectivity index (χ1) is 16.2. The topological polar surface area (TPSA) is 153 Å². The molecule has 0 unspecified atom stereocenters. The minimum Gasteiger partial charge on any atom is -0.507 e. The van der Waals surface area contributed by atoms with E-state index in [-0.39, 0.29) is 41.6 Å². The van der Waals surface area contributed by atoms with Crippen molar-refractivity contribution in [1.82, 2.24) is 5.01 Å². The van der Waals surface area contributed by atoms with Gasteiger partial charge in [-0.15, -0.1) is 0 Å². The van der Waals surface area contributed by atoms with Crippen LogP contribution in [-0.2, 0) is 9.53 Å². The Bertz CT molecular complexity index is 1230.